The molecule has 1 unspecified atom stereocenters. The summed E-state index contributed by atoms with van der Waals surface area (Å²) in [6.07, 6.45) is 0. The normalized spacial score (nSPS) is 12.0. The van der Waals surface area contributed by atoms with Crippen molar-refractivity contribution >= 4 is 33.2 Å². The predicted molar refractivity (Wildman–Crippen MR) is 85.6 cm³/mol. The first kappa shape index (κ1) is 15.2. The first-order chi connectivity index (χ1) is 9.63. The van der Waals surface area contributed by atoms with Gasteiger partial charge in [-0.15, -0.1) is 0 Å². The number of anilines is 1. The molecule has 1 atom stereocenters. The summed E-state index contributed by atoms with van der Waals surface area (Å²) in [5.41, 5.74) is 1.82. The molecule has 0 bridgehead atoms. The maximum Gasteiger partial charge on any atom is 0.133 e. The minimum absolute atomic E-state index is 0.0225. The van der Waals surface area contributed by atoms with Gasteiger partial charge in [0.2, 0.25) is 0 Å². The number of benzene rings is 2. The number of aliphatic hydroxyl groups excluding tert-OH is 1. The maximum absolute atomic E-state index is 9.59. The van der Waals surface area contributed by atoms with Gasteiger partial charge in [0.15, 0.2) is 0 Å². The Bertz CT molecular complexity index is 592. The lowest BCUT2D eigenvalue weighted by atomic mass is 10.1. The first-order valence-electron chi connectivity index (χ1n) is 6.10. The summed E-state index contributed by atoms with van der Waals surface area (Å²) in [6.45, 7) is -0.0225. The summed E-state index contributed by atoms with van der Waals surface area (Å²) >= 11 is 9.40. The Hall–Kier alpha value is -1.23. The topological polar surface area (TPSA) is 41.5 Å². The van der Waals surface area contributed by atoms with Crippen molar-refractivity contribution < 1.29 is 9.84 Å². The molecule has 0 fully saturated rings. The summed E-state index contributed by atoms with van der Waals surface area (Å²) in [5, 5.41) is 13.5. The average Bonchev–Trinajstić information content (AvgIpc) is 2.44. The van der Waals surface area contributed by atoms with Crippen molar-refractivity contribution in [2.45, 2.75) is 6.04 Å². The van der Waals surface area contributed by atoms with Gasteiger partial charge in [0.25, 0.3) is 0 Å². The monoisotopic (exact) mass is 355 g/mol. The first-order valence-corrected chi connectivity index (χ1v) is 7.27. The zero-order valence-electron chi connectivity index (χ0n) is 10.9. The molecule has 3 nitrogen and oxygen atoms in total. The van der Waals surface area contributed by atoms with Crippen molar-refractivity contribution in [1.82, 2.24) is 0 Å². The zero-order chi connectivity index (χ0) is 14.5. The van der Waals surface area contributed by atoms with Gasteiger partial charge in [-0.25, -0.2) is 0 Å². The standard InChI is InChI=1S/C15H15BrClNO2/c1-20-15-6-5-10(7-13(15)16)14(9-19)18-12-4-2-3-11(17)8-12/h2-8,14,18-19H,9H2,1H3. The second kappa shape index (κ2) is 6.97. The Morgan fingerprint density at radius 2 is 2.10 bits per heavy atom. The fourth-order valence-electron chi connectivity index (χ4n) is 1.91. The molecule has 0 amide bonds. The number of methoxy groups -OCH3 is 1. The van der Waals surface area contributed by atoms with E-state index in [0.717, 1.165) is 21.5 Å². The SMILES string of the molecule is COc1ccc(C(CO)Nc2cccc(Cl)c2)cc1Br. The third-order valence-corrected chi connectivity index (χ3v) is 3.78. The van der Waals surface area contributed by atoms with Gasteiger partial charge in [0, 0.05) is 10.7 Å². The van der Waals surface area contributed by atoms with E-state index < -0.39 is 0 Å². The van der Waals surface area contributed by atoms with Crippen molar-refractivity contribution in [2.75, 3.05) is 19.0 Å². The number of ether oxygens (including phenoxy) is 1. The Morgan fingerprint density at radius 1 is 1.30 bits per heavy atom. The minimum Gasteiger partial charge on any atom is -0.496 e. The minimum atomic E-state index is -0.212. The molecule has 2 N–H and O–H groups in total. The largest absolute Gasteiger partial charge is 0.496 e. The second-order valence-electron chi connectivity index (χ2n) is 4.28. The van der Waals surface area contributed by atoms with E-state index in [2.05, 4.69) is 21.2 Å². The molecule has 0 aromatic heterocycles. The maximum atomic E-state index is 9.59. The molecule has 0 aliphatic rings. The van der Waals surface area contributed by atoms with Gasteiger partial charge in [0.05, 0.1) is 24.2 Å². The van der Waals surface area contributed by atoms with E-state index in [1.165, 1.54) is 0 Å². The summed E-state index contributed by atoms with van der Waals surface area (Å²) in [5.74, 6) is 0.758. The van der Waals surface area contributed by atoms with Gasteiger partial charge >= 0.3 is 0 Å². The van der Waals surface area contributed by atoms with E-state index in [-0.39, 0.29) is 12.6 Å². The molecule has 2 rings (SSSR count). The molecule has 0 aliphatic carbocycles. The van der Waals surface area contributed by atoms with Crippen molar-refractivity contribution in [3.63, 3.8) is 0 Å². The molecule has 0 radical (unpaired) electrons. The van der Waals surface area contributed by atoms with Crippen LogP contribution < -0.4 is 10.1 Å². The molecule has 0 saturated carbocycles. The molecule has 5 heteroatoms. The van der Waals surface area contributed by atoms with Gasteiger partial charge in [-0.1, -0.05) is 23.7 Å². The van der Waals surface area contributed by atoms with Gasteiger partial charge in [-0.2, -0.15) is 0 Å². The Balaban J connectivity index is 2.22. The van der Waals surface area contributed by atoms with Crippen molar-refractivity contribution in [3.8, 4) is 5.75 Å². The van der Waals surface area contributed by atoms with Gasteiger partial charge in [-0.05, 0) is 51.8 Å². The van der Waals surface area contributed by atoms with Crippen molar-refractivity contribution in [2.24, 2.45) is 0 Å². The fraction of sp³-hybridized carbons (Fsp3) is 0.200. The lowest BCUT2D eigenvalue weighted by molar-refractivity contribution is 0.276. The highest BCUT2D eigenvalue weighted by Gasteiger charge is 2.12. The molecule has 0 saturated heterocycles. The van der Waals surface area contributed by atoms with Crippen LogP contribution in [0, 0.1) is 0 Å². The number of aliphatic hydroxyl groups is 1. The summed E-state index contributed by atoms with van der Waals surface area (Å²) in [6, 6.07) is 12.9. The highest BCUT2D eigenvalue weighted by molar-refractivity contribution is 9.10. The Labute approximate surface area is 131 Å². The predicted octanol–water partition coefficient (Wildman–Crippen LogP) is 4.26. The number of halogens is 2. The molecule has 2 aromatic carbocycles. The summed E-state index contributed by atoms with van der Waals surface area (Å²) in [4.78, 5) is 0. The van der Waals surface area contributed by atoms with Crippen LogP contribution in [0.3, 0.4) is 0 Å². The van der Waals surface area contributed by atoms with Crippen LogP contribution in [-0.2, 0) is 0 Å². The van der Waals surface area contributed by atoms with Crippen LogP contribution in [0.4, 0.5) is 5.69 Å². The molecular weight excluding hydrogens is 342 g/mol. The van der Waals surface area contributed by atoms with Crippen LogP contribution in [0.15, 0.2) is 46.9 Å². The molecule has 0 heterocycles. The molecule has 0 spiro atoms. The van der Waals surface area contributed by atoms with Crippen molar-refractivity contribution in [3.05, 3.63) is 57.5 Å². The third kappa shape index (κ3) is 3.66. The summed E-state index contributed by atoms with van der Waals surface area (Å²) in [7, 11) is 1.62. The van der Waals surface area contributed by atoms with Crippen LogP contribution in [0.1, 0.15) is 11.6 Å². The number of hydrogen-bond acceptors (Lipinski definition) is 3. The van der Waals surface area contributed by atoms with Crippen LogP contribution in [0.5, 0.6) is 5.75 Å². The van der Waals surface area contributed by atoms with Gasteiger partial charge in [0.1, 0.15) is 5.75 Å². The van der Waals surface area contributed by atoms with Crippen LogP contribution in [-0.4, -0.2) is 18.8 Å². The van der Waals surface area contributed by atoms with E-state index in [0.29, 0.717) is 5.02 Å². The smallest absolute Gasteiger partial charge is 0.133 e. The molecule has 20 heavy (non-hydrogen) atoms. The quantitative estimate of drug-likeness (QED) is 0.841. The molecular formula is C15H15BrClNO2. The number of nitrogens with one attached hydrogen (secondary N) is 1. The van der Waals surface area contributed by atoms with Crippen LogP contribution in [0.25, 0.3) is 0 Å². The Morgan fingerprint density at radius 3 is 2.70 bits per heavy atom. The Kier molecular flexibility index (Phi) is 5.29. The van der Waals surface area contributed by atoms with Crippen LogP contribution >= 0.6 is 27.5 Å². The molecule has 2 aromatic rings. The lowest BCUT2D eigenvalue weighted by Gasteiger charge is -2.19. The highest BCUT2D eigenvalue weighted by Crippen LogP contribution is 2.29. The number of rotatable bonds is 5. The number of hydrogen-bond donors (Lipinski definition) is 2. The van der Waals surface area contributed by atoms with E-state index in [4.69, 9.17) is 16.3 Å². The molecule has 0 aliphatic heterocycles. The van der Waals surface area contributed by atoms with E-state index in [1.54, 1.807) is 7.11 Å². The average molecular weight is 357 g/mol. The lowest BCUT2D eigenvalue weighted by Crippen LogP contribution is -2.14. The van der Waals surface area contributed by atoms with E-state index >= 15 is 0 Å². The zero-order valence-corrected chi connectivity index (χ0v) is 13.3. The highest BCUT2D eigenvalue weighted by atomic mass is 79.9. The molecule has 106 valence electrons. The van der Waals surface area contributed by atoms with Gasteiger partial charge in [-0.3, -0.25) is 0 Å². The third-order valence-electron chi connectivity index (χ3n) is 2.93. The fourth-order valence-corrected chi connectivity index (χ4v) is 2.66. The second-order valence-corrected chi connectivity index (χ2v) is 5.57. The van der Waals surface area contributed by atoms with Gasteiger partial charge < -0.3 is 15.2 Å². The summed E-state index contributed by atoms with van der Waals surface area (Å²) < 4.78 is 6.05. The van der Waals surface area contributed by atoms with Crippen LogP contribution in [0.2, 0.25) is 5.02 Å². The van der Waals surface area contributed by atoms with Crippen molar-refractivity contribution in [1.29, 1.82) is 0 Å². The van der Waals surface area contributed by atoms with E-state index in [1.807, 2.05) is 42.5 Å². The van der Waals surface area contributed by atoms with E-state index in [9.17, 15) is 5.11 Å².